The van der Waals surface area contributed by atoms with Gasteiger partial charge in [0.15, 0.2) is 0 Å². The minimum Gasteiger partial charge on any atom is -0.306 e. The van der Waals surface area contributed by atoms with Crippen molar-refractivity contribution in [3.63, 3.8) is 0 Å². The Hall–Kier alpha value is -1.38. The van der Waals surface area contributed by atoms with Crippen LogP contribution in [-0.4, -0.2) is 0 Å². The molecule has 1 heterocycles. The summed E-state index contributed by atoms with van der Waals surface area (Å²) in [5, 5.41) is 3.60. The van der Waals surface area contributed by atoms with E-state index >= 15 is 0 Å². The summed E-state index contributed by atoms with van der Waals surface area (Å²) in [7, 11) is 0. The van der Waals surface area contributed by atoms with E-state index < -0.39 is 0 Å². The van der Waals surface area contributed by atoms with E-state index in [-0.39, 0.29) is 16.9 Å². The van der Waals surface area contributed by atoms with E-state index in [1.807, 2.05) is 12.1 Å². The zero-order valence-electron chi connectivity index (χ0n) is 9.79. The number of hydrogen-bond donors (Lipinski definition) is 1. The van der Waals surface area contributed by atoms with E-state index in [4.69, 9.17) is 11.6 Å². The fourth-order valence-electron chi connectivity index (χ4n) is 2.49. The Balaban J connectivity index is 1.89. The van der Waals surface area contributed by atoms with Crippen LogP contribution in [-0.2, 0) is 13.0 Å². The molecule has 3 rings (SSSR count). The van der Waals surface area contributed by atoms with Crippen molar-refractivity contribution in [3.05, 3.63) is 70.0 Å². The lowest BCUT2D eigenvalue weighted by atomic mass is 9.98. The van der Waals surface area contributed by atoms with Crippen LogP contribution in [0.4, 0.5) is 4.39 Å². The Morgan fingerprint density at radius 2 is 2.00 bits per heavy atom. The van der Waals surface area contributed by atoms with E-state index in [2.05, 4.69) is 17.4 Å². The average Bonchev–Trinajstić information content (AvgIpc) is 2.79. The van der Waals surface area contributed by atoms with Gasteiger partial charge in [0.25, 0.3) is 0 Å². The molecule has 1 aliphatic heterocycles. The van der Waals surface area contributed by atoms with Crippen molar-refractivity contribution in [2.75, 3.05) is 0 Å². The molecular weight excluding hydrogens is 249 g/mol. The van der Waals surface area contributed by atoms with Gasteiger partial charge >= 0.3 is 0 Å². The molecule has 92 valence electrons. The van der Waals surface area contributed by atoms with Crippen LogP contribution in [0, 0.1) is 5.82 Å². The lowest BCUT2D eigenvalue weighted by Gasteiger charge is -2.13. The average molecular weight is 262 g/mol. The van der Waals surface area contributed by atoms with Crippen LogP contribution in [0.1, 0.15) is 22.7 Å². The first-order valence-electron chi connectivity index (χ1n) is 6.00. The molecule has 2 aromatic carbocycles. The van der Waals surface area contributed by atoms with Gasteiger partial charge in [0, 0.05) is 12.6 Å². The molecule has 0 amide bonds. The second kappa shape index (κ2) is 4.71. The standard InChI is InChI=1S/C15H13ClFN/c16-13-7-3-5-10(15(13)17)8-14-12-6-2-1-4-11(12)9-18-14/h1-7,14,18H,8-9H2. The minimum atomic E-state index is -0.301. The maximum Gasteiger partial charge on any atom is 0.145 e. The van der Waals surface area contributed by atoms with Gasteiger partial charge in [-0.15, -0.1) is 0 Å². The molecule has 0 saturated heterocycles. The van der Waals surface area contributed by atoms with Gasteiger partial charge in [-0.05, 0) is 29.2 Å². The molecule has 1 nitrogen and oxygen atoms in total. The third kappa shape index (κ3) is 2.02. The van der Waals surface area contributed by atoms with Crippen molar-refractivity contribution in [2.45, 2.75) is 19.0 Å². The molecule has 1 N–H and O–H groups in total. The summed E-state index contributed by atoms with van der Waals surface area (Å²) >= 11 is 5.80. The van der Waals surface area contributed by atoms with Crippen LogP contribution >= 0.6 is 11.6 Å². The third-order valence-electron chi connectivity index (χ3n) is 3.43. The van der Waals surface area contributed by atoms with Crippen LogP contribution in [0.15, 0.2) is 42.5 Å². The predicted octanol–water partition coefficient (Wildman–Crippen LogP) is 3.87. The first kappa shape index (κ1) is 11.7. The first-order chi connectivity index (χ1) is 8.75. The van der Waals surface area contributed by atoms with E-state index in [0.717, 1.165) is 6.54 Å². The normalized spacial score (nSPS) is 17.8. The van der Waals surface area contributed by atoms with Crippen molar-refractivity contribution in [1.29, 1.82) is 0 Å². The predicted molar refractivity (Wildman–Crippen MR) is 71.1 cm³/mol. The summed E-state index contributed by atoms with van der Waals surface area (Å²) in [5.41, 5.74) is 3.22. The fourth-order valence-corrected chi connectivity index (χ4v) is 2.68. The van der Waals surface area contributed by atoms with Gasteiger partial charge in [-0.1, -0.05) is 48.0 Å². The molecule has 0 fully saturated rings. The first-order valence-corrected chi connectivity index (χ1v) is 6.37. The summed E-state index contributed by atoms with van der Waals surface area (Å²) in [5.74, 6) is -0.301. The van der Waals surface area contributed by atoms with E-state index in [9.17, 15) is 4.39 Å². The fraction of sp³-hybridized carbons (Fsp3) is 0.200. The van der Waals surface area contributed by atoms with Gasteiger partial charge in [0.05, 0.1) is 5.02 Å². The lowest BCUT2D eigenvalue weighted by molar-refractivity contribution is 0.549. The Morgan fingerprint density at radius 3 is 2.89 bits per heavy atom. The third-order valence-corrected chi connectivity index (χ3v) is 3.72. The van der Waals surface area contributed by atoms with Gasteiger partial charge < -0.3 is 5.32 Å². The molecule has 0 bridgehead atoms. The monoisotopic (exact) mass is 261 g/mol. The highest BCUT2D eigenvalue weighted by molar-refractivity contribution is 6.30. The molecule has 3 heteroatoms. The second-order valence-electron chi connectivity index (χ2n) is 4.55. The number of benzene rings is 2. The van der Waals surface area contributed by atoms with Crippen molar-refractivity contribution in [3.8, 4) is 0 Å². The Labute approximate surface area is 111 Å². The molecule has 0 aliphatic carbocycles. The van der Waals surface area contributed by atoms with E-state index in [1.165, 1.54) is 11.1 Å². The molecule has 0 aromatic heterocycles. The maximum absolute atomic E-state index is 13.9. The van der Waals surface area contributed by atoms with Gasteiger partial charge in [0.2, 0.25) is 0 Å². The summed E-state index contributed by atoms with van der Waals surface area (Å²) in [6.07, 6.45) is 0.628. The van der Waals surface area contributed by atoms with Crippen LogP contribution in [0.2, 0.25) is 5.02 Å². The number of halogens is 2. The summed E-state index contributed by atoms with van der Waals surface area (Å²) in [6.45, 7) is 0.850. The van der Waals surface area contributed by atoms with Crippen molar-refractivity contribution in [1.82, 2.24) is 5.32 Å². The SMILES string of the molecule is Fc1c(Cl)cccc1CC1NCc2ccccc21. The zero-order chi connectivity index (χ0) is 12.5. The molecule has 0 saturated carbocycles. The van der Waals surface area contributed by atoms with Gasteiger partial charge in [-0.25, -0.2) is 4.39 Å². The summed E-state index contributed by atoms with van der Waals surface area (Å²) in [6, 6.07) is 13.6. The van der Waals surface area contributed by atoms with Gasteiger partial charge in [0.1, 0.15) is 5.82 Å². The van der Waals surface area contributed by atoms with Gasteiger partial charge in [-0.2, -0.15) is 0 Å². The smallest absolute Gasteiger partial charge is 0.145 e. The Morgan fingerprint density at radius 1 is 1.17 bits per heavy atom. The molecule has 0 spiro atoms. The van der Waals surface area contributed by atoms with Crippen molar-refractivity contribution >= 4 is 11.6 Å². The molecule has 2 aromatic rings. The second-order valence-corrected chi connectivity index (χ2v) is 4.96. The van der Waals surface area contributed by atoms with E-state index in [1.54, 1.807) is 18.2 Å². The quantitative estimate of drug-likeness (QED) is 0.865. The molecular formula is C15H13ClFN. The number of hydrogen-bond acceptors (Lipinski definition) is 1. The minimum absolute atomic E-state index is 0.175. The Kier molecular flexibility index (Phi) is 3.06. The summed E-state index contributed by atoms with van der Waals surface area (Å²) < 4.78 is 13.9. The molecule has 1 aliphatic rings. The maximum atomic E-state index is 13.9. The van der Waals surface area contributed by atoms with Crippen LogP contribution in [0.3, 0.4) is 0 Å². The molecule has 1 unspecified atom stereocenters. The zero-order valence-corrected chi connectivity index (χ0v) is 10.5. The van der Waals surface area contributed by atoms with Crippen molar-refractivity contribution < 1.29 is 4.39 Å². The largest absolute Gasteiger partial charge is 0.306 e. The van der Waals surface area contributed by atoms with E-state index in [0.29, 0.717) is 12.0 Å². The van der Waals surface area contributed by atoms with Crippen LogP contribution in [0.25, 0.3) is 0 Å². The molecule has 18 heavy (non-hydrogen) atoms. The molecule has 0 radical (unpaired) electrons. The summed E-state index contributed by atoms with van der Waals surface area (Å²) in [4.78, 5) is 0. The highest BCUT2D eigenvalue weighted by atomic mass is 35.5. The lowest BCUT2D eigenvalue weighted by Crippen LogP contribution is -2.15. The highest BCUT2D eigenvalue weighted by Crippen LogP contribution is 2.29. The highest BCUT2D eigenvalue weighted by Gasteiger charge is 2.22. The van der Waals surface area contributed by atoms with Crippen LogP contribution < -0.4 is 5.32 Å². The van der Waals surface area contributed by atoms with Gasteiger partial charge in [-0.3, -0.25) is 0 Å². The Bertz CT molecular complexity index is 582. The molecule has 1 atom stereocenters. The van der Waals surface area contributed by atoms with Crippen LogP contribution in [0.5, 0.6) is 0 Å². The number of nitrogens with one attached hydrogen (secondary N) is 1. The number of rotatable bonds is 2. The van der Waals surface area contributed by atoms with Crippen molar-refractivity contribution in [2.24, 2.45) is 0 Å². The topological polar surface area (TPSA) is 12.0 Å². The number of fused-ring (bicyclic) bond motifs is 1.